The standard InChI is InChI=1S/C12H23NO7S.Na/c14-6-7-9(16)10(17)11(18)12(20-7)19-4-1-3-13-8(15)2-5-21;/h7,9-12,14,16-18,21H,1-6H2,(H,13,15);/q;+1/p-1/t7-,9+,10+,11-,12-;/m1./s1. The van der Waals surface area contributed by atoms with E-state index in [1.54, 1.807) is 0 Å². The summed E-state index contributed by atoms with van der Waals surface area (Å²) in [5, 5.41) is 49.0. The van der Waals surface area contributed by atoms with Crippen LogP contribution in [0.3, 0.4) is 0 Å². The van der Waals surface area contributed by atoms with Crippen LogP contribution in [0.1, 0.15) is 12.8 Å². The van der Waals surface area contributed by atoms with Crippen molar-refractivity contribution in [3.05, 3.63) is 0 Å². The van der Waals surface area contributed by atoms with Crippen molar-refractivity contribution in [1.82, 2.24) is 0 Å². The second kappa shape index (κ2) is 12.0. The molecule has 8 nitrogen and oxygen atoms in total. The molecule has 1 aliphatic heterocycles. The van der Waals surface area contributed by atoms with E-state index in [2.05, 4.69) is 17.6 Å². The number of thiol groups is 1. The molecule has 4 N–H and O–H groups in total. The van der Waals surface area contributed by atoms with Gasteiger partial charge in [0.25, 0.3) is 0 Å². The third-order valence-electron chi connectivity index (χ3n) is 3.05. The molecule has 0 aromatic rings. The molecule has 1 rings (SSSR count). The Morgan fingerprint density at radius 3 is 2.50 bits per heavy atom. The molecule has 0 aromatic heterocycles. The number of hydrogen-bond acceptors (Lipinski definition) is 9. The van der Waals surface area contributed by atoms with Crippen molar-refractivity contribution in [2.24, 2.45) is 4.99 Å². The van der Waals surface area contributed by atoms with Gasteiger partial charge in [-0.1, -0.05) is 0 Å². The summed E-state index contributed by atoms with van der Waals surface area (Å²) in [4.78, 5) is 3.77. The normalized spacial score (nSPS) is 32.6. The van der Waals surface area contributed by atoms with Gasteiger partial charge in [0.2, 0.25) is 0 Å². The number of aliphatic hydroxyl groups excluding tert-OH is 4. The van der Waals surface area contributed by atoms with Crippen molar-refractivity contribution in [3.8, 4) is 0 Å². The summed E-state index contributed by atoms with van der Waals surface area (Å²) in [7, 11) is 0. The Labute approximate surface area is 156 Å². The fraction of sp³-hybridized carbons (Fsp3) is 0.917. The molecule has 1 saturated heterocycles. The zero-order chi connectivity index (χ0) is 15.8. The molecular formula is C12H22NNaO7S. The smallest absolute Gasteiger partial charge is 0.862 e. The maximum Gasteiger partial charge on any atom is 1.00 e. The first-order valence-corrected chi connectivity index (χ1v) is 7.37. The van der Waals surface area contributed by atoms with Crippen LogP contribution in [0.25, 0.3) is 0 Å². The number of aliphatic imine (C=N–C) groups is 1. The van der Waals surface area contributed by atoms with Crippen molar-refractivity contribution in [2.45, 2.75) is 43.5 Å². The third-order valence-corrected chi connectivity index (χ3v) is 3.27. The van der Waals surface area contributed by atoms with Crippen LogP contribution in [0.15, 0.2) is 4.99 Å². The molecule has 10 heteroatoms. The van der Waals surface area contributed by atoms with Crippen LogP contribution in [0, 0.1) is 0 Å². The molecule has 0 amide bonds. The minimum absolute atomic E-state index is 0. The van der Waals surface area contributed by atoms with Gasteiger partial charge in [0.05, 0.1) is 13.2 Å². The van der Waals surface area contributed by atoms with E-state index in [1.165, 1.54) is 0 Å². The van der Waals surface area contributed by atoms with Crippen LogP contribution in [0.2, 0.25) is 0 Å². The molecule has 0 aromatic carbocycles. The minimum Gasteiger partial charge on any atom is -0.862 e. The van der Waals surface area contributed by atoms with Crippen LogP contribution in [0.4, 0.5) is 0 Å². The topological polar surface area (TPSA) is 135 Å². The van der Waals surface area contributed by atoms with E-state index in [1.807, 2.05) is 0 Å². The van der Waals surface area contributed by atoms with Crippen LogP contribution in [-0.4, -0.2) is 82.5 Å². The maximum atomic E-state index is 11.1. The van der Waals surface area contributed by atoms with Gasteiger partial charge >= 0.3 is 29.6 Å². The number of nitrogens with zero attached hydrogens (tertiary/aromatic N) is 1. The first-order valence-electron chi connectivity index (χ1n) is 6.74. The van der Waals surface area contributed by atoms with E-state index in [0.717, 1.165) is 0 Å². The van der Waals surface area contributed by atoms with Crippen LogP contribution in [-0.2, 0) is 9.47 Å². The van der Waals surface area contributed by atoms with Gasteiger partial charge in [-0.2, -0.15) is 12.6 Å². The summed E-state index contributed by atoms with van der Waals surface area (Å²) >= 11 is 3.92. The van der Waals surface area contributed by atoms with Crippen molar-refractivity contribution in [3.63, 3.8) is 0 Å². The van der Waals surface area contributed by atoms with Gasteiger partial charge in [0.15, 0.2) is 6.29 Å². The zero-order valence-corrected chi connectivity index (χ0v) is 15.4. The van der Waals surface area contributed by atoms with Gasteiger partial charge in [-0.15, -0.1) is 0 Å². The van der Waals surface area contributed by atoms with Gasteiger partial charge in [0.1, 0.15) is 24.4 Å². The minimum atomic E-state index is -1.46. The average Bonchev–Trinajstić information content (AvgIpc) is 2.47. The molecule has 124 valence electrons. The average molecular weight is 347 g/mol. The summed E-state index contributed by atoms with van der Waals surface area (Å²) in [6.07, 6.45) is -5.68. The first-order chi connectivity index (χ1) is 10.0. The van der Waals surface area contributed by atoms with E-state index in [4.69, 9.17) is 14.6 Å². The Bertz CT molecular complexity index is 335. The second-order valence-electron chi connectivity index (χ2n) is 4.67. The number of ether oxygens (including phenoxy) is 2. The summed E-state index contributed by atoms with van der Waals surface area (Å²) < 4.78 is 10.4. The fourth-order valence-electron chi connectivity index (χ4n) is 1.85. The molecule has 5 atom stereocenters. The van der Waals surface area contributed by atoms with Crippen LogP contribution >= 0.6 is 12.6 Å². The zero-order valence-electron chi connectivity index (χ0n) is 12.5. The number of aliphatic hydroxyl groups is 4. The molecule has 1 fully saturated rings. The molecule has 0 unspecified atom stereocenters. The monoisotopic (exact) mass is 347 g/mol. The molecule has 0 radical (unpaired) electrons. The molecule has 0 bridgehead atoms. The van der Waals surface area contributed by atoms with Crippen LogP contribution in [0.5, 0.6) is 0 Å². The largest absolute Gasteiger partial charge is 1.00 e. The molecule has 0 saturated carbocycles. The molecule has 0 aliphatic carbocycles. The van der Waals surface area contributed by atoms with E-state index in [-0.39, 0.29) is 55.0 Å². The van der Waals surface area contributed by atoms with Gasteiger partial charge < -0.3 is 40.0 Å². The summed E-state index contributed by atoms with van der Waals surface area (Å²) in [5.41, 5.74) is 0. The molecule has 0 spiro atoms. The molecule has 1 heterocycles. The van der Waals surface area contributed by atoms with Crippen molar-refractivity contribution >= 4 is 18.5 Å². The van der Waals surface area contributed by atoms with E-state index < -0.39 is 37.3 Å². The predicted molar refractivity (Wildman–Crippen MR) is 75.1 cm³/mol. The SMILES string of the molecule is [Na+].[O-]C(CCS)=NCCCO[C@@H]1O[C@H](CO)[C@H](O)[C@H](O)[C@H]1O. The number of hydrogen-bond donors (Lipinski definition) is 5. The van der Waals surface area contributed by atoms with E-state index in [0.29, 0.717) is 12.2 Å². The van der Waals surface area contributed by atoms with Gasteiger partial charge in [-0.3, -0.25) is 0 Å². The molecule has 1 aliphatic rings. The Morgan fingerprint density at radius 2 is 1.91 bits per heavy atom. The predicted octanol–water partition coefficient (Wildman–Crippen LogP) is -5.72. The Morgan fingerprint density at radius 1 is 1.23 bits per heavy atom. The Kier molecular flexibility index (Phi) is 12.3. The van der Waals surface area contributed by atoms with Crippen molar-refractivity contribution in [1.29, 1.82) is 0 Å². The Hall–Kier alpha value is 0.580. The summed E-state index contributed by atoms with van der Waals surface area (Å²) in [5.74, 6) is 0.224. The fourth-order valence-corrected chi connectivity index (χ4v) is 2.04. The molecular weight excluding hydrogens is 325 g/mol. The van der Waals surface area contributed by atoms with Gasteiger partial charge in [-0.05, 0) is 24.5 Å². The van der Waals surface area contributed by atoms with Crippen molar-refractivity contribution in [2.75, 3.05) is 25.5 Å². The van der Waals surface area contributed by atoms with E-state index >= 15 is 0 Å². The Balaban J connectivity index is 0.00000441. The third kappa shape index (κ3) is 7.00. The van der Waals surface area contributed by atoms with Gasteiger partial charge in [0, 0.05) is 6.54 Å². The number of rotatable bonds is 8. The van der Waals surface area contributed by atoms with Crippen molar-refractivity contribution < 1.29 is 64.6 Å². The van der Waals surface area contributed by atoms with Crippen LogP contribution < -0.4 is 34.7 Å². The summed E-state index contributed by atoms with van der Waals surface area (Å²) in [6, 6.07) is 0. The molecule has 22 heavy (non-hydrogen) atoms. The second-order valence-corrected chi connectivity index (χ2v) is 5.12. The quantitative estimate of drug-likeness (QED) is 0.0971. The summed E-state index contributed by atoms with van der Waals surface area (Å²) in [6.45, 7) is -0.0667. The van der Waals surface area contributed by atoms with E-state index in [9.17, 15) is 20.4 Å². The van der Waals surface area contributed by atoms with Gasteiger partial charge in [-0.25, -0.2) is 0 Å². The first kappa shape index (κ1) is 22.6. The maximum absolute atomic E-state index is 11.1.